The Morgan fingerprint density at radius 2 is 1.85 bits per heavy atom. The van der Waals surface area contributed by atoms with Crippen LogP contribution in [0.2, 0.25) is 0 Å². The van der Waals surface area contributed by atoms with Gasteiger partial charge in [-0.3, -0.25) is 4.90 Å². The number of aryl methyl sites for hydroxylation is 1. The van der Waals surface area contributed by atoms with E-state index in [-0.39, 0.29) is 0 Å². The Hall–Kier alpha value is -0.650. The monoisotopic (exact) mass is 295 g/mol. The predicted molar refractivity (Wildman–Crippen MR) is 83.5 cm³/mol. The minimum Gasteiger partial charge on any atom is -0.388 e. The van der Waals surface area contributed by atoms with E-state index < -0.39 is 6.10 Å². The van der Waals surface area contributed by atoms with Crippen molar-refractivity contribution in [3.8, 4) is 0 Å². The van der Waals surface area contributed by atoms with Gasteiger partial charge in [0.25, 0.3) is 0 Å². The molecule has 0 spiro atoms. The molecule has 1 aromatic rings. The predicted octanol–water partition coefficient (Wildman–Crippen LogP) is 2.57. The molecule has 2 aliphatic rings. The van der Waals surface area contributed by atoms with E-state index in [0.717, 1.165) is 47.9 Å². The third-order valence-electron chi connectivity index (χ3n) is 4.63. The van der Waals surface area contributed by atoms with Crippen molar-refractivity contribution in [2.24, 2.45) is 0 Å². The summed E-state index contributed by atoms with van der Waals surface area (Å²) in [7, 11) is 0. The van der Waals surface area contributed by atoms with Gasteiger partial charge >= 0.3 is 0 Å². The van der Waals surface area contributed by atoms with Gasteiger partial charge in [0.1, 0.15) is 0 Å². The number of nitrogens with zero attached hydrogens (tertiary/aromatic N) is 3. The van der Waals surface area contributed by atoms with Gasteiger partial charge in [-0.2, -0.15) is 0 Å². The smallest absolute Gasteiger partial charge is 0.185 e. The number of piperazine rings is 1. The van der Waals surface area contributed by atoms with Gasteiger partial charge in [0, 0.05) is 32.2 Å². The molecular formula is C15H25N3OS. The zero-order valence-electron chi connectivity index (χ0n) is 12.5. The third-order valence-corrected chi connectivity index (χ3v) is 6.01. The summed E-state index contributed by atoms with van der Waals surface area (Å²) in [6.07, 6.45) is 5.20. The standard InChI is InChI=1S/C15H25N3OS/c1-11-14(12(2)19)20-15(16-11)18-9-7-17(8-10-18)13-5-3-4-6-13/h12-13,19H,3-10H2,1-2H3. The van der Waals surface area contributed by atoms with Crippen LogP contribution in [-0.4, -0.2) is 47.2 Å². The number of thiazole rings is 1. The molecule has 112 valence electrons. The first-order valence-corrected chi connectivity index (χ1v) is 8.61. The van der Waals surface area contributed by atoms with Crippen molar-refractivity contribution in [1.29, 1.82) is 0 Å². The maximum absolute atomic E-state index is 9.75. The van der Waals surface area contributed by atoms with Crippen molar-refractivity contribution in [3.63, 3.8) is 0 Å². The molecule has 4 nitrogen and oxygen atoms in total. The van der Waals surface area contributed by atoms with Gasteiger partial charge in [-0.25, -0.2) is 4.98 Å². The van der Waals surface area contributed by atoms with E-state index in [1.807, 2.05) is 13.8 Å². The number of aliphatic hydroxyl groups is 1. The van der Waals surface area contributed by atoms with E-state index in [1.54, 1.807) is 11.3 Å². The summed E-state index contributed by atoms with van der Waals surface area (Å²) in [5.74, 6) is 0. The molecule has 0 bridgehead atoms. The molecule has 1 unspecified atom stereocenters. The van der Waals surface area contributed by atoms with Gasteiger partial charge in [0.2, 0.25) is 0 Å². The molecule has 1 aliphatic heterocycles. The second-order valence-electron chi connectivity index (χ2n) is 6.08. The fraction of sp³-hybridized carbons (Fsp3) is 0.800. The highest BCUT2D eigenvalue weighted by Gasteiger charge is 2.27. The van der Waals surface area contributed by atoms with Crippen LogP contribution in [-0.2, 0) is 0 Å². The largest absolute Gasteiger partial charge is 0.388 e. The molecule has 0 radical (unpaired) electrons. The van der Waals surface area contributed by atoms with Gasteiger partial charge in [0.15, 0.2) is 5.13 Å². The number of aliphatic hydroxyl groups excluding tert-OH is 1. The molecule has 20 heavy (non-hydrogen) atoms. The Balaban J connectivity index is 1.61. The average Bonchev–Trinajstić information content (AvgIpc) is 3.08. The Morgan fingerprint density at radius 3 is 2.40 bits per heavy atom. The lowest BCUT2D eigenvalue weighted by Crippen LogP contribution is -2.49. The first-order chi connectivity index (χ1) is 9.65. The Labute approximate surface area is 125 Å². The van der Waals surface area contributed by atoms with Crippen molar-refractivity contribution >= 4 is 16.5 Å². The van der Waals surface area contributed by atoms with Gasteiger partial charge in [-0.05, 0) is 26.7 Å². The van der Waals surface area contributed by atoms with Crippen LogP contribution in [0.4, 0.5) is 5.13 Å². The Bertz CT molecular complexity index is 446. The van der Waals surface area contributed by atoms with Gasteiger partial charge < -0.3 is 10.0 Å². The van der Waals surface area contributed by atoms with Crippen LogP contribution in [0.1, 0.15) is 49.3 Å². The number of anilines is 1. The van der Waals surface area contributed by atoms with Crippen molar-refractivity contribution in [1.82, 2.24) is 9.88 Å². The first-order valence-electron chi connectivity index (χ1n) is 7.79. The summed E-state index contributed by atoms with van der Waals surface area (Å²) in [4.78, 5) is 10.7. The number of hydrogen-bond donors (Lipinski definition) is 1. The molecule has 2 heterocycles. The molecule has 1 aromatic heterocycles. The van der Waals surface area contributed by atoms with E-state index in [9.17, 15) is 5.11 Å². The van der Waals surface area contributed by atoms with Crippen LogP contribution < -0.4 is 4.90 Å². The maximum atomic E-state index is 9.75. The highest BCUT2D eigenvalue weighted by atomic mass is 32.1. The van der Waals surface area contributed by atoms with Crippen molar-refractivity contribution in [3.05, 3.63) is 10.6 Å². The van der Waals surface area contributed by atoms with Crippen molar-refractivity contribution in [2.75, 3.05) is 31.1 Å². The molecule has 2 fully saturated rings. The zero-order valence-corrected chi connectivity index (χ0v) is 13.3. The quantitative estimate of drug-likeness (QED) is 0.930. The Morgan fingerprint density at radius 1 is 1.20 bits per heavy atom. The van der Waals surface area contributed by atoms with Crippen molar-refractivity contribution in [2.45, 2.75) is 51.7 Å². The van der Waals surface area contributed by atoms with Crippen molar-refractivity contribution < 1.29 is 5.11 Å². The van der Waals surface area contributed by atoms with E-state index in [2.05, 4.69) is 14.8 Å². The fourth-order valence-electron chi connectivity index (χ4n) is 3.46. The molecule has 1 saturated carbocycles. The summed E-state index contributed by atoms with van der Waals surface area (Å²) < 4.78 is 0. The highest BCUT2D eigenvalue weighted by Crippen LogP contribution is 2.32. The number of aromatic nitrogens is 1. The topological polar surface area (TPSA) is 39.6 Å². The lowest BCUT2D eigenvalue weighted by atomic mass is 10.2. The molecule has 0 amide bonds. The lowest BCUT2D eigenvalue weighted by Gasteiger charge is -2.37. The van der Waals surface area contributed by atoms with Crippen LogP contribution in [0, 0.1) is 6.92 Å². The molecular weight excluding hydrogens is 270 g/mol. The summed E-state index contributed by atoms with van der Waals surface area (Å²) in [5, 5.41) is 10.8. The minimum atomic E-state index is -0.402. The van der Waals surface area contributed by atoms with E-state index in [0.29, 0.717) is 0 Å². The molecule has 5 heteroatoms. The molecule has 1 saturated heterocycles. The van der Waals surface area contributed by atoms with Gasteiger partial charge in [-0.15, -0.1) is 0 Å². The van der Waals surface area contributed by atoms with E-state index in [1.165, 1.54) is 25.7 Å². The summed E-state index contributed by atoms with van der Waals surface area (Å²) >= 11 is 1.65. The van der Waals surface area contributed by atoms with E-state index in [4.69, 9.17) is 0 Å². The third kappa shape index (κ3) is 2.85. The molecule has 1 N–H and O–H groups in total. The highest BCUT2D eigenvalue weighted by molar-refractivity contribution is 7.15. The molecule has 3 rings (SSSR count). The first kappa shape index (κ1) is 14.3. The second kappa shape index (κ2) is 6.00. The van der Waals surface area contributed by atoms with Crippen LogP contribution in [0.25, 0.3) is 0 Å². The minimum absolute atomic E-state index is 0.402. The van der Waals surface area contributed by atoms with Gasteiger partial charge in [0.05, 0.1) is 16.7 Å². The number of rotatable bonds is 3. The SMILES string of the molecule is Cc1nc(N2CCN(C3CCCC3)CC2)sc1C(C)O. The van der Waals surface area contributed by atoms with Crippen LogP contribution in [0.3, 0.4) is 0 Å². The Kier molecular flexibility index (Phi) is 4.29. The van der Waals surface area contributed by atoms with E-state index >= 15 is 0 Å². The summed E-state index contributed by atoms with van der Waals surface area (Å²) in [6, 6.07) is 0.836. The summed E-state index contributed by atoms with van der Waals surface area (Å²) in [6.45, 7) is 8.28. The van der Waals surface area contributed by atoms with Crippen LogP contribution in [0.5, 0.6) is 0 Å². The molecule has 1 atom stereocenters. The maximum Gasteiger partial charge on any atom is 0.185 e. The zero-order chi connectivity index (χ0) is 14.1. The summed E-state index contributed by atoms with van der Waals surface area (Å²) in [5.41, 5.74) is 0.984. The normalized spacial score (nSPS) is 23.4. The number of hydrogen-bond acceptors (Lipinski definition) is 5. The molecule has 0 aromatic carbocycles. The van der Waals surface area contributed by atoms with Gasteiger partial charge in [-0.1, -0.05) is 24.2 Å². The second-order valence-corrected chi connectivity index (χ2v) is 7.09. The van der Waals surface area contributed by atoms with Crippen LogP contribution >= 0.6 is 11.3 Å². The van der Waals surface area contributed by atoms with Crippen LogP contribution in [0.15, 0.2) is 0 Å². The average molecular weight is 295 g/mol. The molecule has 1 aliphatic carbocycles. The lowest BCUT2D eigenvalue weighted by molar-refractivity contribution is 0.187. The fourth-order valence-corrected chi connectivity index (χ4v) is 4.52.